The first-order valence-corrected chi connectivity index (χ1v) is 9.05. The van der Waals surface area contributed by atoms with E-state index >= 15 is 0 Å². The summed E-state index contributed by atoms with van der Waals surface area (Å²) in [5.41, 5.74) is 2.47. The van der Waals surface area contributed by atoms with Gasteiger partial charge in [-0.05, 0) is 19.4 Å². The number of amides is 2. The Morgan fingerprint density at radius 1 is 1.42 bits per heavy atom. The van der Waals surface area contributed by atoms with Crippen molar-refractivity contribution in [1.82, 2.24) is 9.88 Å². The number of hydrogen-bond donors (Lipinski definition) is 2. The van der Waals surface area contributed by atoms with E-state index in [4.69, 9.17) is 11.6 Å². The SMILES string of the molecule is C[C@H]1c2c([nH]c3c(F)c(Cl)cc(N4CCCC4=O)c23)CCN1C(=O)CO. The lowest BCUT2D eigenvalue weighted by Gasteiger charge is -2.34. The normalized spacial score (nSPS) is 20.2. The molecule has 6 nitrogen and oxygen atoms in total. The molecule has 1 atom stereocenters. The highest BCUT2D eigenvalue weighted by Gasteiger charge is 2.34. The molecule has 0 spiro atoms. The Kier molecular flexibility index (Phi) is 4.16. The number of halogens is 2. The molecule has 0 saturated carbocycles. The lowest BCUT2D eigenvalue weighted by molar-refractivity contribution is -0.136. The van der Waals surface area contributed by atoms with Gasteiger partial charge in [-0.15, -0.1) is 0 Å². The molecule has 26 heavy (non-hydrogen) atoms. The standard InChI is InChI=1S/C18H19ClFN3O3/c1-9-15-11(4-6-22(9)14(26)8-24)21-18-16(15)12(7-10(19)17(18)20)23-5-2-3-13(23)25/h7,9,21,24H,2-6,8H2,1H3/t9-/m0/s1. The van der Waals surface area contributed by atoms with Crippen LogP contribution in [0, 0.1) is 5.82 Å². The van der Waals surface area contributed by atoms with Crippen molar-refractivity contribution in [3.63, 3.8) is 0 Å². The van der Waals surface area contributed by atoms with Crippen LogP contribution in [0.3, 0.4) is 0 Å². The predicted molar refractivity (Wildman–Crippen MR) is 95.8 cm³/mol. The molecule has 0 aliphatic carbocycles. The number of carbonyl (C=O) groups excluding carboxylic acids is 2. The Balaban J connectivity index is 1.97. The second-order valence-electron chi connectivity index (χ2n) is 6.78. The molecular weight excluding hydrogens is 361 g/mol. The van der Waals surface area contributed by atoms with Crippen molar-refractivity contribution in [2.45, 2.75) is 32.2 Å². The van der Waals surface area contributed by atoms with E-state index in [1.54, 1.807) is 9.80 Å². The largest absolute Gasteiger partial charge is 0.387 e. The molecular formula is C18H19ClFN3O3. The van der Waals surface area contributed by atoms with Gasteiger partial charge in [0.1, 0.15) is 6.61 Å². The van der Waals surface area contributed by atoms with Crippen LogP contribution in [-0.2, 0) is 16.0 Å². The van der Waals surface area contributed by atoms with Crippen molar-refractivity contribution >= 4 is 40.0 Å². The molecule has 2 aliphatic rings. The summed E-state index contributed by atoms with van der Waals surface area (Å²) in [4.78, 5) is 30.7. The van der Waals surface area contributed by atoms with E-state index < -0.39 is 12.4 Å². The molecule has 2 aliphatic heterocycles. The van der Waals surface area contributed by atoms with Crippen LogP contribution in [0.2, 0.25) is 5.02 Å². The molecule has 2 aromatic rings. The van der Waals surface area contributed by atoms with Gasteiger partial charge in [-0.25, -0.2) is 4.39 Å². The second kappa shape index (κ2) is 6.25. The second-order valence-corrected chi connectivity index (χ2v) is 7.19. The van der Waals surface area contributed by atoms with Crippen molar-refractivity contribution in [2.75, 3.05) is 24.6 Å². The van der Waals surface area contributed by atoms with Gasteiger partial charge < -0.3 is 19.9 Å². The number of hydrogen-bond acceptors (Lipinski definition) is 3. The van der Waals surface area contributed by atoms with Crippen molar-refractivity contribution in [3.8, 4) is 0 Å². The Bertz CT molecular complexity index is 926. The predicted octanol–water partition coefficient (Wildman–Crippen LogP) is 2.53. The molecule has 4 rings (SSSR count). The zero-order valence-electron chi connectivity index (χ0n) is 14.3. The summed E-state index contributed by atoms with van der Waals surface area (Å²) in [6.07, 6.45) is 1.71. The fourth-order valence-electron chi connectivity index (χ4n) is 4.16. The maximum absolute atomic E-state index is 14.7. The summed E-state index contributed by atoms with van der Waals surface area (Å²) in [6.45, 7) is 2.28. The van der Waals surface area contributed by atoms with Gasteiger partial charge in [0.15, 0.2) is 5.82 Å². The molecule has 8 heteroatoms. The van der Waals surface area contributed by atoms with Crippen LogP contribution in [0.15, 0.2) is 6.07 Å². The van der Waals surface area contributed by atoms with Crippen molar-refractivity contribution < 1.29 is 19.1 Å². The fraction of sp³-hybridized carbons (Fsp3) is 0.444. The maximum Gasteiger partial charge on any atom is 0.248 e. The molecule has 0 bridgehead atoms. The Morgan fingerprint density at radius 3 is 2.85 bits per heavy atom. The number of nitrogens with one attached hydrogen (secondary N) is 1. The fourth-order valence-corrected chi connectivity index (χ4v) is 4.36. The van der Waals surface area contributed by atoms with Gasteiger partial charge in [0.05, 0.1) is 22.3 Å². The lowest BCUT2D eigenvalue weighted by Crippen LogP contribution is -2.40. The van der Waals surface area contributed by atoms with Crippen LogP contribution in [0.4, 0.5) is 10.1 Å². The topological polar surface area (TPSA) is 76.6 Å². The first kappa shape index (κ1) is 17.3. The van der Waals surface area contributed by atoms with E-state index in [2.05, 4.69) is 4.98 Å². The minimum Gasteiger partial charge on any atom is -0.387 e. The molecule has 1 saturated heterocycles. The van der Waals surface area contributed by atoms with Gasteiger partial charge in [-0.3, -0.25) is 9.59 Å². The third kappa shape index (κ3) is 2.41. The van der Waals surface area contributed by atoms with Gasteiger partial charge in [0.25, 0.3) is 0 Å². The van der Waals surface area contributed by atoms with Crippen LogP contribution in [0.5, 0.6) is 0 Å². The molecule has 1 aromatic heterocycles. The molecule has 3 heterocycles. The van der Waals surface area contributed by atoms with Gasteiger partial charge in [-0.2, -0.15) is 0 Å². The summed E-state index contributed by atoms with van der Waals surface area (Å²) < 4.78 is 14.7. The first-order chi connectivity index (χ1) is 12.4. The number of fused-ring (bicyclic) bond motifs is 3. The van der Waals surface area contributed by atoms with E-state index in [1.807, 2.05) is 6.92 Å². The van der Waals surface area contributed by atoms with Crippen molar-refractivity contribution in [1.29, 1.82) is 0 Å². The minimum absolute atomic E-state index is 0.0179. The molecule has 2 amide bonds. The van der Waals surface area contributed by atoms with E-state index in [0.717, 1.165) is 17.7 Å². The maximum atomic E-state index is 14.7. The quantitative estimate of drug-likeness (QED) is 0.841. The number of nitrogens with zero attached hydrogens (tertiary/aromatic N) is 2. The monoisotopic (exact) mass is 379 g/mol. The van der Waals surface area contributed by atoms with E-state index in [0.29, 0.717) is 37.0 Å². The third-order valence-electron chi connectivity index (χ3n) is 5.38. The molecule has 2 N–H and O–H groups in total. The van der Waals surface area contributed by atoms with E-state index in [-0.39, 0.29) is 28.4 Å². The Hall–Kier alpha value is -2.12. The van der Waals surface area contributed by atoms with Gasteiger partial charge in [0, 0.05) is 42.6 Å². The molecule has 0 unspecified atom stereocenters. The zero-order valence-corrected chi connectivity index (χ0v) is 15.1. The number of carbonyl (C=O) groups is 2. The van der Waals surface area contributed by atoms with E-state index in [1.165, 1.54) is 6.07 Å². The van der Waals surface area contributed by atoms with Gasteiger partial charge in [-0.1, -0.05) is 11.6 Å². The highest BCUT2D eigenvalue weighted by atomic mass is 35.5. The summed E-state index contributed by atoms with van der Waals surface area (Å²) in [5, 5.41) is 9.79. The summed E-state index contributed by atoms with van der Waals surface area (Å²) in [6, 6.07) is 1.15. The molecule has 1 fully saturated rings. The van der Waals surface area contributed by atoms with Crippen LogP contribution in [0.1, 0.15) is 37.1 Å². The zero-order chi connectivity index (χ0) is 18.6. The number of rotatable bonds is 2. The van der Waals surface area contributed by atoms with Crippen molar-refractivity contribution in [3.05, 3.63) is 28.2 Å². The molecule has 0 radical (unpaired) electrons. The Morgan fingerprint density at radius 2 is 2.19 bits per heavy atom. The highest BCUT2D eigenvalue weighted by Crippen LogP contribution is 2.43. The van der Waals surface area contributed by atoms with Gasteiger partial charge in [0.2, 0.25) is 11.8 Å². The highest BCUT2D eigenvalue weighted by molar-refractivity contribution is 6.32. The number of benzene rings is 1. The smallest absolute Gasteiger partial charge is 0.248 e. The van der Waals surface area contributed by atoms with Crippen molar-refractivity contribution in [2.24, 2.45) is 0 Å². The molecule has 138 valence electrons. The average molecular weight is 380 g/mol. The van der Waals surface area contributed by atoms with Crippen LogP contribution in [-0.4, -0.2) is 46.5 Å². The first-order valence-electron chi connectivity index (χ1n) is 8.67. The number of aromatic amines is 1. The average Bonchev–Trinajstić information content (AvgIpc) is 3.22. The summed E-state index contributed by atoms with van der Waals surface area (Å²) in [7, 11) is 0. The number of H-pyrrole nitrogens is 1. The number of aliphatic hydroxyl groups is 1. The Labute approximate surface area is 154 Å². The third-order valence-corrected chi connectivity index (χ3v) is 5.65. The number of anilines is 1. The lowest BCUT2D eigenvalue weighted by atomic mass is 9.95. The molecule has 1 aromatic carbocycles. The van der Waals surface area contributed by atoms with Crippen LogP contribution >= 0.6 is 11.6 Å². The summed E-state index contributed by atoms with van der Waals surface area (Å²) >= 11 is 6.09. The number of aromatic nitrogens is 1. The van der Waals surface area contributed by atoms with E-state index in [9.17, 15) is 19.1 Å². The summed E-state index contributed by atoms with van der Waals surface area (Å²) in [5.74, 6) is -0.944. The number of aliphatic hydroxyl groups excluding tert-OH is 1. The van der Waals surface area contributed by atoms with Crippen LogP contribution in [0.25, 0.3) is 10.9 Å². The van der Waals surface area contributed by atoms with Crippen LogP contribution < -0.4 is 4.90 Å². The van der Waals surface area contributed by atoms with Gasteiger partial charge >= 0.3 is 0 Å². The minimum atomic E-state index is -0.570.